The number of fused-ring (bicyclic) bond motifs is 5. The van der Waals surface area contributed by atoms with Gasteiger partial charge >= 0.3 is 5.97 Å². The molecule has 1 aliphatic heterocycles. The third-order valence-corrected chi connectivity index (χ3v) is 7.12. The van der Waals surface area contributed by atoms with E-state index in [0.717, 1.165) is 12.0 Å². The first-order valence-corrected chi connectivity index (χ1v) is 12.0. The molecule has 7 nitrogen and oxygen atoms in total. The van der Waals surface area contributed by atoms with Gasteiger partial charge in [-0.15, -0.1) is 0 Å². The lowest BCUT2D eigenvalue weighted by Crippen LogP contribution is -2.49. The number of carbonyl (C=O) groups is 4. The van der Waals surface area contributed by atoms with E-state index in [1.807, 2.05) is 42.5 Å². The Balaban J connectivity index is 1.38. The van der Waals surface area contributed by atoms with E-state index in [-0.39, 0.29) is 48.0 Å². The summed E-state index contributed by atoms with van der Waals surface area (Å²) in [6, 6.07) is 14.8. The first-order valence-electron chi connectivity index (χ1n) is 12.0. The highest BCUT2D eigenvalue weighted by Gasteiger charge is 2.61. The third kappa shape index (κ3) is 4.27. The maximum atomic E-state index is 13.5. The number of likely N-dealkylation sites (tertiary alicyclic amines) is 1. The van der Waals surface area contributed by atoms with Crippen LogP contribution in [-0.2, 0) is 25.5 Å². The molecule has 35 heavy (non-hydrogen) atoms. The Hall–Kier alpha value is -3.74. The summed E-state index contributed by atoms with van der Waals surface area (Å²) in [5.74, 6) is -1.96. The van der Waals surface area contributed by atoms with Gasteiger partial charge in [0, 0.05) is 12.1 Å². The van der Waals surface area contributed by atoms with Crippen LogP contribution < -0.4 is 5.32 Å². The number of anilines is 1. The average Bonchev–Trinajstić information content (AvgIpc) is 3.52. The zero-order chi connectivity index (χ0) is 24.7. The number of carbonyl (C=O) groups excluding carboxylic acids is 4. The zero-order valence-electron chi connectivity index (χ0n) is 19.7. The lowest BCUT2D eigenvalue weighted by Gasteiger charge is -2.27. The number of rotatable bonds is 7. The second-order valence-corrected chi connectivity index (χ2v) is 9.77. The molecule has 3 aliphatic rings. The van der Waals surface area contributed by atoms with Crippen molar-refractivity contribution in [3.05, 3.63) is 77.9 Å². The molecule has 5 rings (SSSR count). The van der Waals surface area contributed by atoms with Gasteiger partial charge in [-0.2, -0.15) is 0 Å². The number of allylic oxidation sites excluding steroid dienone is 2. The number of hydrogen-bond donors (Lipinski definition) is 1. The van der Waals surface area contributed by atoms with E-state index in [1.165, 1.54) is 4.90 Å². The monoisotopic (exact) mass is 472 g/mol. The van der Waals surface area contributed by atoms with Gasteiger partial charge in [0.2, 0.25) is 17.7 Å². The van der Waals surface area contributed by atoms with Crippen LogP contribution in [0.5, 0.6) is 0 Å². The van der Waals surface area contributed by atoms with Crippen LogP contribution in [0.4, 0.5) is 5.69 Å². The number of imide groups is 1. The molecule has 1 saturated heterocycles. The molecule has 0 spiro atoms. The Labute approximate surface area is 204 Å². The Morgan fingerprint density at radius 2 is 1.54 bits per heavy atom. The highest BCUT2D eigenvalue weighted by molar-refractivity contribution is 6.11. The van der Waals surface area contributed by atoms with Crippen molar-refractivity contribution in [3.63, 3.8) is 0 Å². The average molecular weight is 473 g/mol. The molecule has 0 unspecified atom stereocenters. The SMILES string of the molecule is CC(C)OC(=O)c1ccc(NC(=O)[C@@H](Cc2ccccc2)N2C(=O)[C@@H]3[C@@H](C2=O)[C@H]2C=C[C@H]3C2)cc1. The summed E-state index contributed by atoms with van der Waals surface area (Å²) in [6.07, 6.45) is 4.91. The van der Waals surface area contributed by atoms with Crippen LogP contribution in [0.2, 0.25) is 0 Å². The van der Waals surface area contributed by atoms with E-state index in [0.29, 0.717) is 11.3 Å². The molecule has 0 aromatic heterocycles. The van der Waals surface area contributed by atoms with Crippen LogP contribution in [0.3, 0.4) is 0 Å². The molecule has 1 N–H and O–H groups in total. The zero-order valence-corrected chi connectivity index (χ0v) is 19.7. The smallest absolute Gasteiger partial charge is 0.338 e. The summed E-state index contributed by atoms with van der Waals surface area (Å²) >= 11 is 0. The molecule has 2 aromatic rings. The number of amides is 3. The summed E-state index contributed by atoms with van der Waals surface area (Å²) < 4.78 is 5.20. The molecule has 2 aliphatic carbocycles. The van der Waals surface area contributed by atoms with Crippen LogP contribution in [-0.4, -0.2) is 40.7 Å². The van der Waals surface area contributed by atoms with E-state index in [9.17, 15) is 19.2 Å². The molecule has 7 heteroatoms. The van der Waals surface area contributed by atoms with Crippen molar-refractivity contribution < 1.29 is 23.9 Å². The maximum absolute atomic E-state index is 13.5. The number of hydrogen-bond acceptors (Lipinski definition) is 5. The number of benzene rings is 2. The summed E-state index contributed by atoms with van der Waals surface area (Å²) in [5, 5.41) is 2.84. The highest BCUT2D eigenvalue weighted by atomic mass is 16.5. The van der Waals surface area contributed by atoms with Gasteiger partial charge in [0.15, 0.2) is 0 Å². The van der Waals surface area contributed by atoms with Crippen LogP contribution in [0.1, 0.15) is 36.2 Å². The molecule has 180 valence electrons. The van der Waals surface area contributed by atoms with Crippen molar-refractivity contribution in [3.8, 4) is 0 Å². The van der Waals surface area contributed by atoms with Gasteiger partial charge in [0.25, 0.3) is 0 Å². The molecular formula is C28H28N2O5. The third-order valence-electron chi connectivity index (χ3n) is 7.12. The predicted octanol–water partition coefficient (Wildman–Crippen LogP) is 3.61. The van der Waals surface area contributed by atoms with Gasteiger partial charge in [-0.25, -0.2) is 4.79 Å². The maximum Gasteiger partial charge on any atom is 0.338 e. The van der Waals surface area contributed by atoms with Crippen molar-refractivity contribution in [2.75, 3.05) is 5.32 Å². The Kier molecular flexibility index (Phi) is 6.01. The second-order valence-electron chi connectivity index (χ2n) is 9.77. The Morgan fingerprint density at radius 1 is 0.943 bits per heavy atom. The Bertz CT molecular complexity index is 1160. The minimum absolute atomic E-state index is 0.0741. The fraction of sp³-hybridized carbons (Fsp3) is 0.357. The molecule has 2 bridgehead atoms. The molecule has 1 saturated carbocycles. The van der Waals surface area contributed by atoms with E-state index in [1.54, 1.807) is 38.1 Å². The normalized spacial score (nSPS) is 25.2. The van der Waals surface area contributed by atoms with Crippen molar-refractivity contribution in [2.24, 2.45) is 23.7 Å². The number of nitrogens with one attached hydrogen (secondary N) is 1. The van der Waals surface area contributed by atoms with Gasteiger partial charge in [0.1, 0.15) is 6.04 Å². The molecular weight excluding hydrogens is 444 g/mol. The Morgan fingerprint density at radius 3 is 2.11 bits per heavy atom. The van der Waals surface area contributed by atoms with Crippen molar-refractivity contribution in [2.45, 2.75) is 38.8 Å². The largest absolute Gasteiger partial charge is 0.459 e. The molecule has 2 aromatic carbocycles. The second kappa shape index (κ2) is 9.13. The van der Waals surface area contributed by atoms with Crippen LogP contribution in [0.15, 0.2) is 66.7 Å². The van der Waals surface area contributed by atoms with Crippen molar-refractivity contribution in [1.29, 1.82) is 0 Å². The number of ether oxygens (including phenoxy) is 1. The van der Waals surface area contributed by atoms with Crippen molar-refractivity contribution >= 4 is 29.4 Å². The van der Waals surface area contributed by atoms with Crippen LogP contribution in [0, 0.1) is 23.7 Å². The van der Waals surface area contributed by atoms with Gasteiger partial charge in [-0.05, 0) is 61.9 Å². The minimum atomic E-state index is -0.965. The number of esters is 1. The minimum Gasteiger partial charge on any atom is -0.459 e. The van der Waals surface area contributed by atoms with E-state index in [2.05, 4.69) is 5.32 Å². The molecule has 2 fully saturated rings. The predicted molar refractivity (Wildman–Crippen MR) is 129 cm³/mol. The fourth-order valence-electron chi connectivity index (χ4n) is 5.57. The van der Waals surface area contributed by atoms with E-state index in [4.69, 9.17) is 4.74 Å². The standard InChI is InChI=1S/C28H28N2O5/c1-16(2)35-28(34)18-10-12-21(13-11-18)29-25(31)22(14-17-6-4-3-5-7-17)30-26(32)23-19-8-9-20(15-19)24(23)27(30)33/h3-13,16,19-20,22-24H,14-15H2,1-2H3,(H,29,31)/t19-,20-,22+,23-,24-/m0/s1. The van der Waals surface area contributed by atoms with Gasteiger partial charge in [0.05, 0.1) is 23.5 Å². The van der Waals surface area contributed by atoms with Crippen molar-refractivity contribution in [1.82, 2.24) is 4.90 Å². The van der Waals surface area contributed by atoms with Crippen LogP contribution >= 0.6 is 0 Å². The molecule has 3 amide bonds. The number of nitrogens with zero attached hydrogens (tertiary/aromatic N) is 1. The van der Waals surface area contributed by atoms with Gasteiger partial charge < -0.3 is 10.1 Å². The summed E-state index contributed by atoms with van der Waals surface area (Å²) in [5.41, 5.74) is 1.70. The summed E-state index contributed by atoms with van der Waals surface area (Å²) in [6.45, 7) is 3.55. The molecule has 0 radical (unpaired) electrons. The van der Waals surface area contributed by atoms with E-state index >= 15 is 0 Å². The summed E-state index contributed by atoms with van der Waals surface area (Å²) in [7, 11) is 0. The molecule has 5 atom stereocenters. The fourth-order valence-corrected chi connectivity index (χ4v) is 5.57. The molecule has 1 heterocycles. The van der Waals surface area contributed by atoms with Gasteiger partial charge in [-0.1, -0.05) is 42.5 Å². The first kappa shape index (κ1) is 23.0. The summed E-state index contributed by atoms with van der Waals surface area (Å²) in [4.78, 5) is 53.6. The first-order chi connectivity index (χ1) is 16.8. The topological polar surface area (TPSA) is 92.8 Å². The highest BCUT2D eigenvalue weighted by Crippen LogP contribution is 2.53. The quantitative estimate of drug-likeness (QED) is 0.378. The van der Waals surface area contributed by atoms with E-state index < -0.39 is 17.9 Å². The lowest BCUT2D eigenvalue weighted by molar-refractivity contribution is -0.147. The van der Waals surface area contributed by atoms with Gasteiger partial charge in [-0.3, -0.25) is 19.3 Å². The van der Waals surface area contributed by atoms with Crippen LogP contribution in [0.25, 0.3) is 0 Å². The lowest BCUT2D eigenvalue weighted by atomic mass is 9.85.